The van der Waals surface area contributed by atoms with Crippen molar-refractivity contribution in [3.8, 4) is 0 Å². The molecule has 1 aromatic heterocycles. The topological polar surface area (TPSA) is 82.7 Å². The minimum Gasteiger partial charge on any atom is -0.379 e. The molecule has 4 rings (SSSR count). The maximum Gasteiger partial charge on any atom is 0.243 e. The first kappa shape index (κ1) is 25.4. The number of amides is 1. The first-order chi connectivity index (χ1) is 16.8. The van der Waals surface area contributed by atoms with Gasteiger partial charge < -0.3 is 14.6 Å². The summed E-state index contributed by atoms with van der Waals surface area (Å²) in [5.41, 5.74) is 2.89. The normalized spacial score (nSPS) is 16.0. The molecule has 0 radical (unpaired) electrons. The summed E-state index contributed by atoms with van der Waals surface area (Å²) in [6.45, 7) is 8.02. The third-order valence-electron chi connectivity index (χ3n) is 6.50. The lowest BCUT2D eigenvalue weighted by molar-refractivity contribution is -0.119. The summed E-state index contributed by atoms with van der Waals surface area (Å²) in [5, 5.41) is 1.08. The maximum atomic E-state index is 13.5. The number of hydrogen-bond acceptors (Lipinski definition) is 4. The summed E-state index contributed by atoms with van der Waals surface area (Å²) >= 11 is 0. The number of ether oxygens (including phenoxy) is 1. The van der Waals surface area contributed by atoms with Gasteiger partial charge in [-0.1, -0.05) is 26.0 Å². The number of nitrogens with zero attached hydrogens (tertiary/aromatic N) is 2. The number of aryl methyl sites for hydroxylation is 1. The number of H-pyrrole nitrogens is 1. The van der Waals surface area contributed by atoms with Crippen molar-refractivity contribution in [2.75, 3.05) is 31.2 Å². The smallest absolute Gasteiger partial charge is 0.243 e. The van der Waals surface area contributed by atoms with Gasteiger partial charge in [-0.2, -0.15) is 4.31 Å². The SMILES string of the molecule is CC(C)C[C@H](C)N(C(=O)CCc1ccc(S(=O)(=O)N2CCOCC2)cc1)c1ccc2[nH]ccc2c1. The molecule has 0 bridgehead atoms. The predicted molar refractivity (Wildman–Crippen MR) is 139 cm³/mol. The van der Waals surface area contributed by atoms with Crippen molar-refractivity contribution < 1.29 is 17.9 Å². The van der Waals surface area contributed by atoms with E-state index in [4.69, 9.17) is 4.74 Å². The Kier molecular flexibility index (Phi) is 7.94. The predicted octanol–water partition coefficient (Wildman–Crippen LogP) is 4.59. The molecule has 1 atom stereocenters. The second-order valence-electron chi connectivity index (χ2n) is 9.65. The van der Waals surface area contributed by atoms with E-state index in [0.717, 1.165) is 28.6 Å². The maximum absolute atomic E-state index is 13.5. The fourth-order valence-electron chi connectivity index (χ4n) is 4.76. The molecular formula is C27H35N3O4S. The number of hydrogen-bond donors (Lipinski definition) is 1. The summed E-state index contributed by atoms with van der Waals surface area (Å²) in [5.74, 6) is 0.537. The summed E-state index contributed by atoms with van der Waals surface area (Å²) in [6.07, 6.45) is 3.71. The van der Waals surface area contributed by atoms with Crippen LogP contribution >= 0.6 is 0 Å². The minimum absolute atomic E-state index is 0.0676. The van der Waals surface area contributed by atoms with Crippen LogP contribution < -0.4 is 4.90 Å². The second-order valence-corrected chi connectivity index (χ2v) is 11.6. The van der Waals surface area contributed by atoms with Gasteiger partial charge in [-0.25, -0.2) is 8.42 Å². The van der Waals surface area contributed by atoms with Gasteiger partial charge in [0.05, 0.1) is 18.1 Å². The molecular weight excluding hydrogens is 462 g/mol. The third kappa shape index (κ3) is 5.94. The number of sulfonamides is 1. The van der Waals surface area contributed by atoms with Gasteiger partial charge in [0.2, 0.25) is 15.9 Å². The van der Waals surface area contributed by atoms with Crippen molar-refractivity contribution in [2.45, 2.75) is 51.0 Å². The van der Waals surface area contributed by atoms with Crippen LogP contribution in [0.5, 0.6) is 0 Å². The van der Waals surface area contributed by atoms with Gasteiger partial charge in [-0.15, -0.1) is 0 Å². The lowest BCUT2D eigenvalue weighted by Gasteiger charge is -2.31. The van der Waals surface area contributed by atoms with Gasteiger partial charge in [0.1, 0.15) is 0 Å². The molecule has 188 valence electrons. The number of carbonyl (C=O) groups excluding carboxylic acids is 1. The van der Waals surface area contributed by atoms with E-state index >= 15 is 0 Å². The van der Waals surface area contributed by atoms with Crippen molar-refractivity contribution in [1.29, 1.82) is 0 Å². The van der Waals surface area contributed by atoms with Crippen LogP contribution in [0.2, 0.25) is 0 Å². The number of nitrogens with one attached hydrogen (secondary N) is 1. The molecule has 8 heteroatoms. The molecule has 0 unspecified atom stereocenters. The fourth-order valence-corrected chi connectivity index (χ4v) is 6.17. The Hall–Kier alpha value is -2.68. The standard InChI is InChI=1S/C27H35N3O4S/c1-20(2)18-21(3)30(24-7-10-26-23(19-24)12-13-28-26)27(31)11-6-22-4-8-25(9-5-22)35(32,33)29-14-16-34-17-15-29/h4-5,7-10,12-13,19-21,28H,6,11,14-18H2,1-3H3/t21-/m0/s1. The molecule has 1 aliphatic heterocycles. The molecule has 1 fully saturated rings. The molecule has 3 aromatic rings. The van der Waals surface area contributed by atoms with E-state index in [1.54, 1.807) is 12.1 Å². The Morgan fingerprint density at radius 1 is 1.06 bits per heavy atom. The quantitative estimate of drug-likeness (QED) is 0.469. The van der Waals surface area contributed by atoms with Crippen LogP contribution in [0.4, 0.5) is 5.69 Å². The van der Waals surface area contributed by atoms with E-state index in [1.807, 2.05) is 41.4 Å². The Morgan fingerprint density at radius 3 is 2.46 bits per heavy atom. The number of anilines is 1. The first-order valence-corrected chi connectivity index (χ1v) is 13.8. The zero-order valence-corrected chi connectivity index (χ0v) is 21.6. The van der Waals surface area contributed by atoms with Crippen molar-refractivity contribution in [3.63, 3.8) is 0 Å². The van der Waals surface area contributed by atoms with Gasteiger partial charge in [0.15, 0.2) is 0 Å². The number of carbonyl (C=O) groups is 1. The summed E-state index contributed by atoms with van der Waals surface area (Å²) in [4.78, 5) is 18.9. The molecule has 1 amide bonds. The summed E-state index contributed by atoms with van der Waals surface area (Å²) in [6, 6.07) is 15.1. The number of aromatic amines is 1. The third-order valence-corrected chi connectivity index (χ3v) is 8.41. The zero-order chi connectivity index (χ0) is 25.0. The number of rotatable bonds is 9. The number of aromatic nitrogens is 1. The van der Waals surface area contributed by atoms with E-state index in [2.05, 4.69) is 31.8 Å². The highest BCUT2D eigenvalue weighted by atomic mass is 32.2. The van der Waals surface area contributed by atoms with Crippen molar-refractivity contribution >= 4 is 32.5 Å². The molecule has 1 aliphatic rings. The van der Waals surface area contributed by atoms with Crippen LogP contribution in [0.15, 0.2) is 59.6 Å². The molecule has 1 saturated heterocycles. The minimum atomic E-state index is -3.52. The Morgan fingerprint density at radius 2 is 1.77 bits per heavy atom. The van der Waals surface area contributed by atoms with Gasteiger partial charge in [0.25, 0.3) is 0 Å². The van der Waals surface area contributed by atoms with E-state index in [9.17, 15) is 13.2 Å². The zero-order valence-electron chi connectivity index (χ0n) is 20.7. The highest BCUT2D eigenvalue weighted by molar-refractivity contribution is 7.89. The summed E-state index contributed by atoms with van der Waals surface area (Å²) < 4.78 is 32.4. The van der Waals surface area contributed by atoms with Crippen molar-refractivity contribution in [1.82, 2.24) is 9.29 Å². The van der Waals surface area contributed by atoms with Gasteiger partial charge in [0, 0.05) is 48.3 Å². The molecule has 0 saturated carbocycles. The van der Waals surface area contributed by atoms with E-state index in [1.165, 1.54) is 4.31 Å². The molecule has 2 heterocycles. The van der Waals surface area contributed by atoms with Gasteiger partial charge >= 0.3 is 0 Å². The molecule has 0 aliphatic carbocycles. The lowest BCUT2D eigenvalue weighted by Crippen LogP contribution is -2.40. The van der Waals surface area contributed by atoms with Crippen molar-refractivity contribution in [3.05, 3.63) is 60.3 Å². The largest absolute Gasteiger partial charge is 0.379 e. The van der Waals surface area contributed by atoms with Crippen LogP contribution in [0.1, 0.15) is 39.2 Å². The first-order valence-electron chi connectivity index (χ1n) is 12.3. The summed E-state index contributed by atoms with van der Waals surface area (Å²) in [7, 11) is -3.52. The monoisotopic (exact) mass is 497 g/mol. The highest BCUT2D eigenvalue weighted by Crippen LogP contribution is 2.27. The van der Waals surface area contributed by atoms with E-state index in [-0.39, 0.29) is 16.8 Å². The average molecular weight is 498 g/mol. The average Bonchev–Trinajstić information content (AvgIpc) is 3.31. The Balaban J connectivity index is 1.47. The molecule has 2 aromatic carbocycles. The number of morpholine rings is 1. The number of fused-ring (bicyclic) bond motifs is 1. The molecule has 0 spiro atoms. The van der Waals surface area contributed by atoms with Crippen LogP contribution in [-0.4, -0.2) is 56.0 Å². The van der Waals surface area contributed by atoms with Gasteiger partial charge in [-0.3, -0.25) is 4.79 Å². The van der Waals surface area contributed by atoms with Gasteiger partial charge in [-0.05, 0) is 67.6 Å². The molecule has 1 N–H and O–H groups in total. The molecule has 7 nitrogen and oxygen atoms in total. The van der Waals surface area contributed by atoms with Crippen molar-refractivity contribution in [2.24, 2.45) is 5.92 Å². The van der Waals surface area contributed by atoms with E-state index < -0.39 is 10.0 Å². The van der Waals surface area contributed by atoms with Crippen LogP contribution in [0, 0.1) is 5.92 Å². The molecule has 35 heavy (non-hydrogen) atoms. The number of benzene rings is 2. The Labute approximate surface area is 208 Å². The van der Waals surface area contributed by atoms with E-state index in [0.29, 0.717) is 45.1 Å². The van der Waals surface area contributed by atoms with Crippen LogP contribution in [0.3, 0.4) is 0 Å². The Bertz CT molecular complexity index is 1240. The van der Waals surface area contributed by atoms with Crippen LogP contribution in [0.25, 0.3) is 10.9 Å². The van der Waals surface area contributed by atoms with Crippen LogP contribution in [-0.2, 0) is 26.0 Å². The highest BCUT2D eigenvalue weighted by Gasteiger charge is 2.26. The lowest BCUT2D eigenvalue weighted by atomic mass is 10.0. The second kappa shape index (κ2) is 10.9. The fraction of sp³-hybridized carbons (Fsp3) is 0.444.